The van der Waals surface area contributed by atoms with Gasteiger partial charge in [0, 0.05) is 16.8 Å². The van der Waals surface area contributed by atoms with Crippen LogP contribution >= 0.6 is 12.2 Å². The highest BCUT2D eigenvalue weighted by atomic mass is 32.1. The molecule has 1 fully saturated rings. The molecule has 28 heavy (non-hydrogen) atoms. The Balaban J connectivity index is 1.75. The van der Waals surface area contributed by atoms with Crippen LogP contribution in [0.3, 0.4) is 0 Å². The minimum atomic E-state index is -1.82. The summed E-state index contributed by atoms with van der Waals surface area (Å²) in [7, 11) is 0. The number of aliphatic hydroxyl groups is 2. The van der Waals surface area contributed by atoms with E-state index in [0.29, 0.717) is 33.4 Å². The molecule has 0 aromatic heterocycles. The van der Waals surface area contributed by atoms with Crippen molar-refractivity contribution in [3.05, 3.63) is 90.0 Å². The third kappa shape index (κ3) is 1.57. The van der Waals surface area contributed by atoms with Gasteiger partial charge < -0.3 is 10.2 Å². The van der Waals surface area contributed by atoms with Gasteiger partial charge in [0.1, 0.15) is 5.71 Å². The molecule has 3 aromatic carbocycles. The fourth-order valence-corrected chi connectivity index (χ4v) is 5.08. The standard InChI is InChI=1S/C22H15N3O2S/c26-21-16-11-5-4-10-15(16)19-22(21,27)25(18-13-7-6-12-17(18)23-19)20(28)24(21)14-8-2-1-3-9-14/h1-13,26-27H/t21-,22+/m1/s1. The van der Waals surface area contributed by atoms with Crippen molar-refractivity contribution in [1.82, 2.24) is 0 Å². The molecule has 6 heteroatoms. The zero-order chi connectivity index (χ0) is 19.1. The van der Waals surface area contributed by atoms with Gasteiger partial charge in [-0.25, -0.2) is 4.99 Å². The lowest BCUT2D eigenvalue weighted by Crippen LogP contribution is -2.61. The van der Waals surface area contributed by atoms with Gasteiger partial charge in [0.05, 0.1) is 11.4 Å². The lowest BCUT2D eigenvalue weighted by atomic mass is 9.95. The van der Waals surface area contributed by atoms with Crippen molar-refractivity contribution in [2.75, 3.05) is 9.80 Å². The fraction of sp³-hybridized carbons (Fsp3) is 0.0909. The Kier molecular flexibility index (Phi) is 2.88. The molecule has 0 spiro atoms. The fourth-order valence-electron chi connectivity index (χ4n) is 4.61. The molecule has 1 saturated heterocycles. The number of thiocarbonyl (C=S) groups is 1. The highest BCUT2D eigenvalue weighted by Gasteiger charge is 2.74. The van der Waals surface area contributed by atoms with Crippen molar-refractivity contribution in [1.29, 1.82) is 0 Å². The second kappa shape index (κ2) is 5.05. The average molecular weight is 385 g/mol. The summed E-state index contributed by atoms with van der Waals surface area (Å²) in [5.74, 6) is 0. The van der Waals surface area contributed by atoms with E-state index in [1.807, 2.05) is 78.9 Å². The number of benzene rings is 3. The Morgan fingerprint density at radius 1 is 0.750 bits per heavy atom. The normalized spacial score (nSPS) is 26.6. The monoisotopic (exact) mass is 385 g/mol. The summed E-state index contributed by atoms with van der Waals surface area (Å²) in [6.07, 6.45) is 0. The summed E-state index contributed by atoms with van der Waals surface area (Å²) in [6.45, 7) is 0. The van der Waals surface area contributed by atoms with Crippen LogP contribution in [0.15, 0.2) is 83.9 Å². The van der Waals surface area contributed by atoms with Gasteiger partial charge in [-0.05, 0) is 36.5 Å². The zero-order valence-electron chi connectivity index (χ0n) is 14.6. The third-order valence-electron chi connectivity index (χ3n) is 5.77. The molecule has 2 heterocycles. The SMILES string of the molecule is O[C@]12C3=Nc4ccccc4N1C(=S)N(c1ccccc1)[C@@]2(O)c1ccccc13. The Bertz CT molecular complexity index is 1200. The quantitative estimate of drug-likeness (QED) is 0.630. The number of hydrogen-bond acceptors (Lipinski definition) is 4. The van der Waals surface area contributed by atoms with Crippen LogP contribution in [0.5, 0.6) is 0 Å². The molecular weight excluding hydrogens is 370 g/mol. The van der Waals surface area contributed by atoms with Gasteiger partial charge in [0.2, 0.25) is 11.4 Å². The molecule has 1 aliphatic carbocycles. The van der Waals surface area contributed by atoms with Gasteiger partial charge in [-0.3, -0.25) is 9.80 Å². The van der Waals surface area contributed by atoms with Gasteiger partial charge in [0.25, 0.3) is 0 Å². The van der Waals surface area contributed by atoms with Crippen LogP contribution in [0.2, 0.25) is 0 Å². The molecule has 0 bridgehead atoms. The van der Waals surface area contributed by atoms with Gasteiger partial charge in [0.15, 0.2) is 5.11 Å². The number of fused-ring (bicyclic) bond motifs is 5. The highest BCUT2D eigenvalue weighted by molar-refractivity contribution is 7.80. The number of rotatable bonds is 1. The first-order chi connectivity index (χ1) is 13.6. The Morgan fingerprint density at radius 2 is 1.43 bits per heavy atom. The molecule has 2 atom stereocenters. The molecule has 0 unspecified atom stereocenters. The van der Waals surface area contributed by atoms with E-state index in [-0.39, 0.29) is 0 Å². The maximum Gasteiger partial charge on any atom is 0.243 e. The number of para-hydroxylation sites is 3. The second-order valence-electron chi connectivity index (χ2n) is 7.13. The lowest BCUT2D eigenvalue weighted by molar-refractivity contribution is -0.0845. The molecule has 2 aliphatic heterocycles. The molecule has 0 radical (unpaired) electrons. The average Bonchev–Trinajstić information content (AvgIpc) is 3.04. The molecular formula is C22H15N3O2S. The minimum Gasteiger partial charge on any atom is -0.362 e. The molecule has 0 amide bonds. The minimum absolute atomic E-state index is 0.325. The van der Waals surface area contributed by atoms with E-state index in [9.17, 15) is 10.2 Å². The van der Waals surface area contributed by atoms with E-state index < -0.39 is 11.4 Å². The predicted molar refractivity (Wildman–Crippen MR) is 112 cm³/mol. The first-order valence-electron chi connectivity index (χ1n) is 9.01. The third-order valence-corrected chi connectivity index (χ3v) is 6.14. The first kappa shape index (κ1) is 15.9. The smallest absolute Gasteiger partial charge is 0.243 e. The second-order valence-corrected chi connectivity index (χ2v) is 7.49. The van der Waals surface area contributed by atoms with Crippen molar-refractivity contribution < 1.29 is 10.2 Å². The maximum absolute atomic E-state index is 12.1. The van der Waals surface area contributed by atoms with E-state index in [1.54, 1.807) is 9.80 Å². The largest absolute Gasteiger partial charge is 0.362 e. The van der Waals surface area contributed by atoms with Gasteiger partial charge in [-0.1, -0.05) is 54.6 Å². The first-order valence-corrected chi connectivity index (χ1v) is 9.41. The van der Waals surface area contributed by atoms with E-state index in [0.717, 1.165) is 5.56 Å². The summed E-state index contributed by atoms with van der Waals surface area (Å²) in [4.78, 5) is 8.01. The van der Waals surface area contributed by atoms with Crippen LogP contribution in [0.25, 0.3) is 0 Å². The molecule has 5 nitrogen and oxygen atoms in total. The zero-order valence-corrected chi connectivity index (χ0v) is 15.5. The number of hydrogen-bond donors (Lipinski definition) is 2. The molecule has 3 aromatic rings. The molecule has 136 valence electrons. The van der Waals surface area contributed by atoms with E-state index in [1.165, 1.54) is 0 Å². The van der Waals surface area contributed by atoms with Crippen molar-refractivity contribution in [2.24, 2.45) is 4.99 Å². The molecule has 2 N–H and O–H groups in total. The predicted octanol–water partition coefficient (Wildman–Crippen LogP) is 3.28. The van der Waals surface area contributed by atoms with Gasteiger partial charge in [-0.2, -0.15) is 0 Å². The summed E-state index contributed by atoms with van der Waals surface area (Å²) in [5, 5.41) is 24.5. The number of nitrogens with zero attached hydrogens (tertiary/aromatic N) is 3. The number of aliphatic imine (C=N–C) groups is 1. The number of anilines is 2. The van der Waals surface area contributed by atoms with Crippen LogP contribution < -0.4 is 9.80 Å². The Hall–Kier alpha value is -3.06. The maximum atomic E-state index is 12.1. The van der Waals surface area contributed by atoms with Crippen molar-refractivity contribution in [3.8, 4) is 0 Å². The summed E-state index contributed by atoms with van der Waals surface area (Å²) in [6, 6.07) is 24.3. The van der Waals surface area contributed by atoms with E-state index in [4.69, 9.17) is 17.2 Å². The summed E-state index contributed by atoms with van der Waals surface area (Å²) < 4.78 is 0. The lowest BCUT2D eigenvalue weighted by Gasteiger charge is -2.40. The summed E-state index contributed by atoms with van der Waals surface area (Å²) >= 11 is 5.81. The summed E-state index contributed by atoms with van der Waals surface area (Å²) in [5.41, 5.74) is 0.165. The van der Waals surface area contributed by atoms with Crippen LogP contribution in [0.4, 0.5) is 17.1 Å². The topological polar surface area (TPSA) is 59.3 Å². The van der Waals surface area contributed by atoms with Crippen LogP contribution in [-0.4, -0.2) is 26.8 Å². The van der Waals surface area contributed by atoms with Crippen molar-refractivity contribution >= 4 is 40.1 Å². The molecule has 3 aliphatic rings. The van der Waals surface area contributed by atoms with Gasteiger partial charge in [-0.15, -0.1) is 0 Å². The Morgan fingerprint density at radius 3 is 2.25 bits per heavy atom. The van der Waals surface area contributed by atoms with E-state index in [2.05, 4.69) is 0 Å². The van der Waals surface area contributed by atoms with Crippen LogP contribution in [0.1, 0.15) is 11.1 Å². The highest BCUT2D eigenvalue weighted by Crippen LogP contribution is 2.59. The van der Waals surface area contributed by atoms with Crippen molar-refractivity contribution in [3.63, 3.8) is 0 Å². The van der Waals surface area contributed by atoms with Crippen LogP contribution in [-0.2, 0) is 5.72 Å². The Labute approximate surface area is 166 Å². The molecule has 0 saturated carbocycles. The van der Waals surface area contributed by atoms with Gasteiger partial charge >= 0.3 is 0 Å². The van der Waals surface area contributed by atoms with Crippen LogP contribution in [0, 0.1) is 0 Å². The van der Waals surface area contributed by atoms with E-state index >= 15 is 0 Å². The van der Waals surface area contributed by atoms with Crippen molar-refractivity contribution in [2.45, 2.75) is 11.4 Å². The molecule has 6 rings (SSSR count).